The molecule has 1 N–H and O–H groups in total. The van der Waals surface area contributed by atoms with Crippen molar-refractivity contribution in [1.29, 1.82) is 0 Å². The van der Waals surface area contributed by atoms with Gasteiger partial charge in [-0.3, -0.25) is 19.5 Å². The van der Waals surface area contributed by atoms with Crippen LogP contribution in [0.3, 0.4) is 0 Å². The summed E-state index contributed by atoms with van der Waals surface area (Å²) in [5.74, 6) is -1.39. The molecule has 110 valence electrons. The zero-order chi connectivity index (χ0) is 15.1. The SMILES string of the molecule is CC(S)c1cccc2c1oc(=O)n2[C@H]1CCC(=O)NC1=O. The molecule has 1 aliphatic rings. The molecule has 2 heterocycles. The highest BCUT2D eigenvalue weighted by molar-refractivity contribution is 7.80. The van der Waals surface area contributed by atoms with Crippen LogP contribution in [0.5, 0.6) is 0 Å². The van der Waals surface area contributed by atoms with Gasteiger partial charge in [0.25, 0.3) is 0 Å². The molecular formula is C14H14N2O4S. The van der Waals surface area contributed by atoms with Crippen LogP contribution in [0.1, 0.15) is 36.6 Å². The summed E-state index contributed by atoms with van der Waals surface area (Å²) in [5, 5.41) is 2.15. The van der Waals surface area contributed by atoms with E-state index in [1.54, 1.807) is 12.1 Å². The van der Waals surface area contributed by atoms with E-state index in [1.807, 2.05) is 13.0 Å². The topological polar surface area (TPSA) is 81.3 Å². The second-order valence-corrected chi connectivity index (χ2v) is 5.85. The second kappa shape index (κ2) is 5.07. The lowest BCUT2D eigenvalue weighted by molar-refractivity contribution is -0.135. The van der Waals surface area contributed by atoms with E-state index in [4.69, 9.17) is 4.42 Å². The molecule has 2 amide bonds. The van der Waals surface area contributed by atoms with Crippen LogP contribution in [0.4, 0.5) is 0 Å². The van der Waals surface area contributed by atoms with Gasteiger partial charge < -0.3 is 4.42 Å². The van der Waals surface area contributed by atoms with Gasteiger partial charge in [0, 0.05) is 17.2 Å². The largest absolute Gasteiger partial charge is 0.420 e. The third kappa shape index (κ3) is 2.27. The maximum absolute atomic E-state index is 12.1. The summed E-state index contributed by atoms with van der Waals surface area (Å²) < 4.78 is 6.63. The van der Waals surface area contributed by atoms with Gasteiger partial charge in [0.1, 0.15) is 6.04 Å². The fourth-order valence-electron chi connectivity index (χ4n) is 2.63. The maximum atomic E-state index is 12.1. The summed E-state index contributed by atoms with van der Waals surface area (Å²) in [6.07, 6.45) is 0.498. The van der Waals surface area contributed by atoms with Gasteiger partial charge in [-0.05, 0) is 19.4 Å². The highest BCUT2D eigenvalue weighted by atomic mass is 32.1. The number of hydrogen-bond acceptors (Lipinski definition) is 5. The first-order chi connectivity index (χ1) is 9.99. The highest BCUT2D eigenvalue weighted by Crippen LogP contribution is 2.29. The molecule has 1 saturated heterocycles. The Morgan fingerprint density at radius 1 is 1.38 bits per heavy atom. The number of para-hydroxylation sites is 1. The standard InChI is InChI=1S/C14H14N2O4S/c1-7(21)8-3-2-4-9-12(8)20-14(19)16(9)10-5-6-11(17)15-13(10)18/h2-4,7,10,21H,5-6H2,1H3,(H,15,17,18)/t7?,10-/m0/s1. The van der Waals surface area contributed by atoms with Crippen molar-refractivity contribution >= 4 is 35.5 Å². The number of nitrogens with one attached hydrogen (secondary N) is 1. The Morgan fingerprint density at radius 3 is 2.81 bits per heavy atom. The van der Waals surface area contributed by atoms with Crippen molar-refractivity contribution in [2.24, 2.45) is 0 Å². The molecule has 1 aromatic carbocycles. The summed E-state index contributed by atoms with van der Waals surface area (Å²) in [5.41, 5.74) is 1.78. The Bertz CT molecular complexity index is 790. The number of amides is 2. The van der Waals surface area contributed by atoms with Crippen LogP contribution in [0, 0.1) is 0 Å². The smallest absolute Gasteiger partial charge is 0.407 e. The van der Waals surface area contributed by atoms with E-state index in [0.717, 1.165) is 5.56 Å². The number of fused-ring (bicyclic) bond motifs is 1. The second-order valence-electron chi connectivity index (χ2n) is 5.08. The van der Waals surface area contributed by atoms with Gasteiger partial charge in [-0.1, -0.05) is 12.1 Å². The number of nitrogens with zero attached hydrogens (tertiary/aromatic N) is 1. The third-order valence-electron chi connectivity index (χ3n) is 3.64. The zero-order valence-corrected chi connectivity index (χ0v) is 12.2. The Hall–Kier alpha value is -2.02. The maximum Gasteiger partial charge on any atom is 0.420 e. The number of hydrogen-bond donors (Lipinski definition) is 2. The number of carbonyl (C=O) groups excluding carboxylic acids is 2. The molecule has 0 saturated carbocycles. The van der Waals surface area contributed by atoms with Crippen molar-refractivity contribution in [3.63, 3.8) is 0 Å². The lowest BCUT2D eigenvalue weighted by atomic mass is 10.1. The number of aromatic nitrogens is 1. The molecule has 1 fully saturated rings. The first-order valence-corrected chi connectivity index (χ1v) is 7.16. The quantitative estimate of drug-likeness (QED) is 0.652. The molecule has 21 heavy (non-hydrogen) atoms. The number of imide groups is 1. The molecule has 0 bridgehead atoms. The van der Waals surface area contributed by atoms with Gasteiger partial charge in [-0.15, -0.1) is 0 Å². The summed E-state index contributed by atoms with van der Waals surface area (Å²) in [6.45, 7) is 1.88. The van der Waals surface area contributed by atoms with Crippen molar-refractivity contribution < 1.29 is 14.0 Å². The monoisotopic (exact) mass is 306 g/mol. The summed E-state index contributed by atoms with van der Waals surface area (Å²) in [7, 11) is 0. The molecule has 0 aliphatic carbocycles. The molecule has 2 aromatic rings. The molecule has 3 rings (SSSR count). The Balaban J connectivity index is 2.18. The highest BCUT2D eigenvalue weighted by Gasteiger charge is 2.31. The van der Waals surface area contributed by atoms with Crippen LogP contribution in [0.25, 0.3) is 11.1 Å². The third-order valence-corrected chi connectivity index (χ3v) is 3.92. The Labute approximate surface area is 125 Å². The Kier molecular flexibility index (Phi) is 3.36. The lowest BCUT2D eigenvalue weighted by Crippen LogP contribution is -2.43. The molecule has 6 nitrogen and oxygen atoms in total. The van der Waals surface area contributed by atoms with Crippen LogP contribution in [0.2, 0.25) is 0 Å². The fraction of sp³-hybridized carbons (Fsp3) is 0.357. The molecule has 1 aromatic heterocycles. The minimum Gasteiger partial charge on any atom is -0.407 e. The Morgan fingerprint density at radius 2 is 2.14 bits per heavy atom. The predicted octanol–water partition coefficient (Wildman–Crippen LogP) is 1.56. The predicted molar refractivity (Wildman–Crippen MR) is 79.3 cm³/mol. The minimum atomic E-state index is -0.720. The molecule has 0 radical (unpaired) electrons. The van der Waals surface area contributed by atoms with Gasteiger partial charge in [0.15, 0.2) is 5.58 Å². The normalized spacial score (nSPS) is 20.6. The van der Waals surface area contributed by atoms with E-state index in [1.165, 1.54) is 4.57 Å². The number of thiol groups is 1. The lowest BCUT2D eigenvalue weighted by Gasteiger charge is -2.21. The number of benzene rings is 1. The fourth-order valence-corrected chi connectivity index (χ4v) is 2.83. The van der Waals surface area contributed by atoms with Crippen molar-refractivity contribution in [2.75, 3.05) is 0 Å². The van der Waals surface area contributed by atoms with Gasteiger partial charge in [0.05, 0.1) is 5.52 Å². The van der Waals surface area contributed by atoms with Crippen molar-refractivity contribution in [2.45, 2.75) is 31.1 Å². The molecular weight excluding hydrogens is 292 g/mol. The van der Waals surface area contributed by atoms with Crippen molar-refractivity contribution in [3.05, 3.63) is 34.3 Å². The van der Waals surface area contributed by atoms with E-state index in [2.05, 4.69) is 17.9 Å². The van der Waals surface area contributed by atoms with Crippen molar-refractivity contribution in [3.8, 4) is 0 Å². The van der Waals surface area contributed by atoms with Gasteiger partial charge in [0.2, 0.25) is 11.8 Å². The number of carbonyl (C=O) groups is 2. The zero-order valence-electron chi connectivity index (χ0n) is 11.3. The van der Waals surface area contributed by atoms with Gasteiger partial charge >= 0.3 is 5.76 Å². The van der Waals surface area contributed by atoms with Crippen LogP contribution < -0.4 is 11.1 Å². The van der Waals surface area contributed by atoms with E-state index < -0.39 is 17.7 Å². The molecule has 2 atom stereocenters. The van der Waals surface area contributed by atoms with Crippen LogP contribution >= 0.6 is 12.6 Å². The number of piperidine rings is 1. The van der Waals surface area contributed by atoms with E-state index >= 15 is 0 Å². The molecule has 7 heteroatoms. The summed E-state index contributed by atoms with van der Waals surface area (Å²) >= 11 is 4.37. The van der Waals surface area contributed by atoms with E-state index in [9.17, 15) is 14.4 Å². The van der Waals surface area contributed by atoms with Crippen LogP contribution in [0.15, 0.2) is 27.4 Å². The molecule has 0 spiro atoms. The summed E-state index contributed by atoms with van der Waals surface area (Å²) in [6, 6.07) is 4.63. The number of rotatable bonds is 2. The molecule has 1 unspecified atom stereocenters. The molecule has 1 aliphatic heterocycles. The van der Waals surface area contributed by atoms with Gasteiger partial charge in [-0.2, -0.15) is 12.6 Å². The summed E-state index contributed by atoms with van der Waals surface area (Å²) in [4.78, 5) is 35.3. The average Bonchev–Trinajstić information content (AvgIpc) is 2.74. The van der Waals surface area contributed by atoms with Gasteiger partial charge in [-0.25, -0.2) is 4.79 Å². The van der Waals surface area contributed by atoms with Crippen LogP contribution in [-0.4, -0.2) is 16.4 Å². The first kappa shape index (κ1) is 13.9. The van der Waals surface area contributed by atoms with Crippen LogP contribution in [-0.2, 0) is 9.59 Å². The minimum absolute atomic E-state index is 0.102. The van der Waals surface area contributed by atoms with E-state index in [-0.39, 0.29) is 17.6 Å². The number of oxazole rings is 1. The van der Waals surface area contributed by atoms with E-state index in [0.29, 0.717) is 17.5 Å². The first-order valence-electron chi connectivity index (χ1n) is 6.64. The van der Waals surface area contributed by atoms with Crippen molar-refractivity contribution in [1.82, 2.24) is 9.88 Å². The average molecular weight is 306 g/mol.